The van der Waals surface area contributed by atoms with Gasteiger partial charge in [-0.15, -0.1) is 0 Å². The van der Waals surface area contributed by atoms with Crippen molar-refractivity contribution in [3.8, 4) is 0 Å². The normalized spacial score (nSPS) is 16.9. The summed E-state index contributed by atoms with van der Waals surface area (Å²) in [7, 11) is -1.47. The summed E-state index contributed by atoms with van der Waals surface area (Å²) in [4.78, 5) is 13.5. The van der Waals surface area contributed by atoms with E-state index in [1.54, 1.807) is 0 Å². The molecule has 0 bridgehead atoms. The minimum atomic E-state index is -1.47. The fraction of sp³-hybridized carbons (Fsp3) is 0.923. The molecule has 0 radical (unpaired) electrons. The maximum absolute atomic E-state index is 11.4. The van der Waals surface area contributed by atoms with Crippen molar-refractivity contribution in [1.29, 1.82) is 0 Å². The van der Waals surface area contributed by atoms with Crippen LogP contribution in [-0.4, -0.2) is 38.8 Å². The zero-order valence-electron chi connectivity index (χ0n) is 11.6. The first kappa shape index (κ1) is 14.7. The molecule has 0 spiro atoms. The quantitative estimate of drug-likeness (QED) is 0.494. The average Bonchev–Trinajstić information content (AvgIpc) is 2.64. The van der Waals surface area contributed by atoms with E-state index >= 15 is 0 Å². The first-order valence-electron chi connectivity index (χ1n) is 6.97. The highest BCUT2D eigenvalue weighted by atomic mass is 28.4. The third-order valence-electron chi connectivity index (χ3n) is 3.37. The van der Waals surface area contributed by atoms with E-state index in [1.807, 2.05) is 4.90 Å². The number of rotatable bonds is 8. The molecule has 4 heteroatoms. The van der Waals surface area contributed by atoms with Crippen LogP contribution >= 0.6 is 0 Å². The predicted molar refractivity (Wildman–Crippen MR) is 73.6 cm³/mol. The molecule has 1 fully saturated rings. The van der Waals surface area contributed by atoms with Crippen LogP contribution in [0.1, 0.15) is 39.0 Å². The second-order valence-corrected chi connectivity index (χ2v) is 9.86. The molecule has 0 aliphatic carbocycles. The van der Waals surface area contributed by atoms with Crippen LogP contribution in [0.25, 0.3) is 0 Å². The van der Waals surface area contributed by atoms with Crippen molar-refractivity contribution in [2.45, 2.75) is 58.2 Å². The summed E-state index contributed by atoms with van der Waals surface area (Å²) in [5, 5.41) is 0. The van der Waals surface area contributed by atoms with E-state index in [9.17, 15) is 4.79 Å². The molecule has 1 saturated heterocycles. The molecule has 0 unspecified atom stereocenters. The highest BCUT2D eigenvalue weighted by Gasteiger charge is 2.24. The maximum Gasteiger partial charge on any atom is 0.222 e. The summed E-state index contributed by atoms with van der Waals surface area (Å²) in [6, 6.07) is 1.17. The Bertz CT molecular complexity index is 244. The zero-order valence-corrected chi connectivity index (χ0v) is 12.6. The van der Waals surface area contributed by atoms with Gasteiger partial charge in [-0.1, -0.05) is 13.3 Å². The summed E-state index contributed by atoms with van der Waals surface area (Å²) < 4.78 is 6.00. The molecule has 1 rings (SSSR count). The van der Waals surface area contributed by atoms with Crippen LogP contribution < -0.4 is 0 Å². The van der Waals surface area contributed by atoms with Gasteiger partial charge in [0.05, 0.1) is 0 Å². The monoisotopic (exact) mass is 257 g/mol. The average molecular weight is 257 g/mol. The van der Waals surface area contributed by atoms with Crippen molar-refractivity contribution in [2.24, 2.45) is 0 Å². The zero-order chi connectivity index (χ0) is 12.7. The number of amides is 1. The third kappa shape index (κ3) is 5.68. The van der Waals surface area contributed by atoms with E-state index in [2.05, 4.69) is 20.0 Å². The SMILES string of the molecule is CCCCO[Si](C)(C)CCCN1CCCC1=O. The van der Waals surface area contributed by atoms with Gasteiger partial charge in [0.25, 0.3) is 0 Å². The van der Waals surface area contributed by atoms with Gasteiger partial charge in [-0.2, -0.15) is 0 Å². The Morgan fingerprint density at radius 2 is 2.12 bits per heavy atom. The number of unbranched alkanes of at least 4 members (excludes halogenated alkanes) is 1. The molecule has 17 heavy (non-hydrogen) atoms. The molecule has 1 aliphatic heterocycles. The van der Waals surface area contributed by atoms with Gasteiger partial charge in [0, 0.05) is 26.1 Å². The topological polar surface area (TPSA) is 29.5 Å². The minimum absolute atomic E-state index is 0.344. The Kier molecular flexibility index (Phi) is 6.20. The van der Waals surface area contributed by atoms with Crippen molar-refractivity contribution in [2.75, 3.05) is 19.7 Å². The van der Waals surface area contributed by atoms with Crippen LogP contribution in [0, 0.1) is 0 Å². The standard InChI is InChI=1S/C13H27NO2Si/c1-4-5-11-16-17(2,3)12-7-10-14-9-6-8-13(14)15/h4-12H2,1-3H3. The molecule has 3 nitrogen and oxygen atoms in total. The molecule has 0 aromatic heterocycles. The van der Waals surface area contributed by atoms with Crippen LogP contribution in [0.2, 0.25) is 19.1 Å². The van der Waals surface area contributed by atoms with Gasteiger partial charge in [0.2, 0.25) is 5.91 Å². The summed E-state index contributed by atoms with van der Waals surface area (Å²) >= 11 is 0. The highest BCUT2D eigenvalue weighted by Crippen LogP contribution is 2.17. The Labute approximate surface area is 107 Å². The lowest BCUT2D eigenvalue weighted by molar-refractivity contribution is -0.127. The first-order valence-corrected chi connectivity index (χ1v) is 10.1. The van der Waals surface area contributed by atoms with Crippen molar-refractivity contribution >= 4 is 14.2 Å². The largest absolute Gasteiger partial charge is 0.417 e. The summed E-state index contributed by atoms with van der Waals surface area (Å²) in [5.74, 6) is 0.344. The lowest BCUT2D eigenvalue weighted by atomic mass is 10.4. The molecular weight excluding hydrogens is 230 g/mol. The van der Waals surface area contributed by atoms with Crippen LogP contribution in [0.3, 0.4) is 0 Å². The molecule has 1 heterocycles. The molecule has 0 N–H and O–H groups in total. The number of likely N-dealkylation sites (tertiary alicyclic amines) is 1. The molecule has 0 saturated carbocycles. The van der Waals surface area contributed by atoms with E-state index in [-0.39, 0.29) is 0 Å². The Hall–Kier alpha value is -0.353. The Balaban J connectivity index is 2.13. The smallest absolute Gasteiger partial charge is 0.222 e. The molecular formula is C13H27NO2Si. The Morgan fingerprint density at radius 3 is 2.71 bits per heavy atom. The fourth-order valence-electron chi connectivity index (χ4n) is 2.20. The number of nitrogens with zero attached hydrogens (tertiary/aromatic N) is 1. The minimum Gasteiger partial charge on any atom is -0.417 e. The van der Waals surface area contributed by atoms with Gasteiger partial charge < -0.3 is 9.33 Å². The summed E-state index contributed by atoms with van der Waals surface area (Å²) in [6.07, 6.45) is 5.28. The molecule has 100 valence electrons. The van der Waals surface area contributed by atoms with E-state index < -0.39 is 8.32 Å². The first-order chi connectivity index (χ1) is 8.05. The summed E-state index contributed by atoms with van der Waals surface area (Å²) in [5.41, 5.74) is 0. The number of carbonyl (C=O) groups excluding carboxylic acids is 1. The molecule has 0 aromatic carbocycles. The molecule has 1 amide bonds. The maximum atomic E-state index is 11.4. The van der Waals surface area contributed by atoms with Crippen molar-refractivity contribution < 1.29 is 9.22 Å². The lowest BCUT2D eigenvalue weighted by Crippen LogP contribution is -2.33. The molecule has 0 atom stereocenters. The van der Waals surface area contributed by atoms with Crippen molar-refractivity contribution in [1.82, 2.24) is 4.90 Å². The van der Waals surface area contributed by atoms with Gasteiger partial charge in [-0.05, 0) is 38.4 Å². The van der Waals surface area contributed by atoms with Gasteiger partial charge in [0.1, 0.15) is 0 Å². The number of hydrogen-bond donors (Lipinski definition) is 0. The predicted octanol–water partition coefficient (Wildman–Crippen LogP) is 3.02. The van der Waals surface area contributed by atoms with Gasteiger partial charge in [-0.25, -0.2) is 0 Å². The van der Waals surface area contributed by atoms with Gasteiger partial charge in [-0.3, -0.25) is 4.79 Å². The van der Waals surface area contributed by atoms with Crippen molar-refractivity contribution in [3.05, 3.63) is 0 Å². The second-order valence-electron chi connectivity index (χ2n) is 5.55. The third-order valence-corrected chi connectivity index (χ3v) is 5.91. The van der Waals surface area contributed by atoms with E-state index in [0.29, 0.717) is 5.91 Å². The van der Waals surface area contributed by atoms with E-state index in [4.69, 9.17) is 4.43 Å². The van der Waals surface area contributed by atoms with Gasteiger partial charge >= 0.3 is 0 Å². The van der Waals surface area contributed by atoms with Crippen molar-refractivity contribution in [3.63, 3.8) is 0 Å². The second kappa shape index (κ2) is 7.16. The number of carbonyl (C=O) groups is 1. The van der Waals surface area contributed by atoms with E-state index in [0.717, 1.165) is 39.0 Å². The van der Waals surface area contributed by atoms with Crippen LogP contribution in [0.4, 0.5) is 0 Å². The molecule has 1 aliphatic rings. The highest BCUT2D eigenvalue weighted by molar-refractivity contribution is 6.71. The number of hydrogen-bond acceptors (Lipinski definition) is 2. The van der Waals surface area contributed by atoms with Crippen LogP contribution in [-0.2, 0) is 9.22 Å². The molecule has 0 aromatic rings. The summed E-state index contributed by atoms with van der Waals surface area (Å²) in [6.45, 7) is 9.59. The van der Waals surface area contributed by atoms with Gasteiger partial charge in [0.15, 0.2) is 8.32 Å². The Morgan fingerprint density at radius 1 is 1.35 bits per heavy atom. The van der Waals surface area contributed by atoms with Crippen LogP contribution in [0.5, 0.6) is 0 Å². The van der Waals surface area contributed by atoms with E-state index in [1.165, 1.54) is 18.9 Å². The van der Waals surface area contributed by atoms with Crippen LogP contribution in [0.15, 0.2) is 0 Å². The fourth-order valence-corrected chi connectivity index (χ4v) is 4.05. The lowest BCUT2D eigenvalue weighted by Gasteiger charge is -2.24.